The number of guanidine groups is 4. The maximum Gasteiger partial charge on any atom is 0.195 e. The van der Waals surface area contributed by atoms with E-state index >= 15 is 0 Å². The summed E-state index contributed by atoms with van der Waals surface area (Å²) in [5.74, 6) is 0.851. The van der Waals surface area contributed by atoms with Crippen molar-refractivity contribution in [1.29, 1.82) is 0 Å². The first kappa shape index (κ1) is 24.3. The highest BCUT2D eigenvalue weighted by molar-refractivity contribution is 5.97. The van der Waals surface area contributed by atoms with Crippen LogP contribution in [0.25, 0.3) is 0 Å². The molecule has 27 heavy (non-hydrogen) atoms. The summed E-state index contributed by atoms with van der Waals surface area (Å²) in [6.45, 7) is 2.62. The van der Waals surface area contributed by atoms with Crippen LogP contribution >= 0.6 is 0 Å². The molecule has 0 bridgehead atoms. The van der Waals surface area contributed by atoms with Gasteiger partial charge in [-0.25, -0.2) is 0 Å². The predicted molar refractivity (Wildman–Crippen MR) is 114 cm³/mol. The van der Waals surface area contributed by atoms with Gasteiger partial charge in [0.1, 0.15) is 0 Å². The molecule has 0 radical (unpaired) electrons. The van der Waals surface area contributed by atoms with Crippen LogP contribution < -0.4 is 39.7 Å². The van der Waals surface area contributed by atoms with E-state index in [1.807, 2.05) is 0 Å². The van der Waals surface area contributed by atoms with Gasteiger partial charge in [0.25, 0.3) is 0 Å². The number of hydrogen-bond acceptors (Lipinski definition) is 4. The van der Waals surface area contributed by atoms with E-state index < -0.39 is 0 Å². The number of aliphatic imine (C=N–C) groups is 4. The highest BCUT2D eigenvalue weighted by Crippen LogP contribution is 2.01. The number of nitrogens with zero attached hydrogens (tertiary/aromatic N) is 4. The number of unbranched alkanes of at least 4 members (excludes halogenated alkanes) is 6. The summed E-state index contributed by atoms with van der Waals surface area (Å²) in [5.41, 5.74) is 32.6. The van der Waals surface area contributed by atoms with Gasteiger partial charge in [-0.05, 0) is 25.7 Å². The third-order valence-electron chi connectivity index (χ3n) is 3.54. The van der Waals surface area contributed by atoms with Gasteiger partial charge in [0.05, 0.1) is 0 Å². The lowest BCUT2D eigenvalue weighted by atomic mass is 10.2. The third-order valence-corrected chi connectivity index (χ3v) is 3.54. The fourth-order valence-corrected chi connectivity index (χ4v) is 2.18. The summed E-state index contributed by atoms with van der Waals surface area (Å²) in [7, 11) is 0. The highest BCUT2D eigenvalue weighted by atomic mass is 15.2. The minimum absolute atomic E-state index is 0.139. The first-order valence-corrected chi connectivity index (χ1v) is 9.39. The smallest absolute Gasteiger partial charge is 0.195 e. The Balaban J connectivity index is 3.67. The lowest BCUT2D eigenvalue weighted by Gasteiger charge is -2.05. The Morgan fingerprint density at radius 1 is 0.444 bits per heavy atom. The van der Waals surface area contributed by atoms with Crippen LogP contribution in [0.2, 0.25) is 0 Å². The van der Waals surface area contributed by atoms with Crippen LogP contribution in [0.3, 0.4) is 0 Å². The molecular formula is C16H37N11. The summed E-state index contributed by atoms with van der Waals surface area (Å²) in [6, 6.07) is 0. The molecule has 11 nitrogen and oxygen atoms in total. The fraction of sp³-hybridized carbons (Fsp3) is 0.750. The van der Waals surface area contributed by atoms with Gasteiger partial charge in [-0.3, -0.25) is 25.3 Å². The topological polar surface area (TPSA) is 218 Å². The second-order valence-electron chi connectivity index (χ2n) is 6.10. The van der Waals surface area contributed by atoms with Crippen molar-refractivity contribution in [3.05, 3.63) is 0 Å². The van der Waals surface area contributed by atoms with Crippen LogP contribution in [-0.4, -0.2) is 50.0 Å². The average molecular weight is 384 g/mol. The quantitative estimate of drug-likeness (QED) is 0.111. The zero-order valence-electron chi connectivity index (χ0n) is 16.2. The van der Waals surface area contributed by atoms with Gasteiger partial charge in [-0.15, -0.1) is 0 Å². The molecule has 0 saturated heterocycles. The molecule has 11 heteroatoms. The molecule has 0 fully saturated rings. The monoisotopic (exact) mass is 383 g/mol. The van der Waals surface area contributed by atoms with E-state index in [9.17, 15) is 0 Å². The van der Waals surface area contributed by atoms with Gasteiger partial charge in [0.2, 0.25) is 0 Å². The SMILES string of the molecule is NC(N)=NCCCCCCN=C(N)NC(N)=NCCCCCCN=C(N)N. The Bertz CT molecular complexity index is 445. The van der Waals surface area contributed by atoms with E-state index in [1.165, 1.54) is 0 Å². The number of hydrogen-bond donors (Lipinski definition) is 7. The van der Waals surface area contributed by atoms with Gasteiger partial charge < -0.3 is 34.4 Å². The fourth-order valence-electron chi connectivity index (χ4n) is 2.18. The predicted octanol–water partition coefficient (Wildman–Crippen LogP) is -1.13. The Kier molecular flexibility index (Phi) is 15.0. The summed E-state index contributed by atoms with van der Waals surface area (Å²) in [4.78, 5) is 16.3. The van der Waals surface area contributed by atoms with E-state index in [0.717, 1.165) is 51.4 Å². The molecule has 0 aromatic carbocycles. The molecule has 0 aliphatic carbocycles. The van der Waals surface area contributed by atoms with Crippen molar-refractivity contribution < 1.29 is 0 Å². The molecule has 0 amide bonds. The van der Waals surface area contributed by atoms with Crippen LogP contribution in [0.5, 0.6) is 0 Å². The van der Waals surface area contributed by atoms with Crippen LogP contribution in [0.15, 0.2) is 20.0 Å². The molecule has 0 spiro atoms. The van der Waals surface area contributed by atoms with Gasteiger partial charge in [0, 0.05) is 26.2 Å². The number of rotatable bonds is 14. The second kappa shape index (κ2) is 16.7. The molecule has 0 aromatic rings. The van der Waals surface area contributed by atoms with Crippen LogP contribution in [-0.2, 0) is 0 Å². The van der Waals surface area contributed by atoms with Crippen molar-refractivity contribution in [3.8, 4) is 0 Å². The van der Waals surface area contributed by atoms with Crippen molar-refractivity contribution >= 4 is 23.8 Å². The lowest BCUT2D eigenvalue weighted by molar-refractivity contribution is 0.652. The molecule has 0 unspecified atom stereocenters. The van der Waals surface area contributed by atoms with Crippen LogP contribution in [0.1, 0.15) is 51.4 Å². The Hall–Kier alpha value is -2.72. The Morgan fingerprint density at radius 3 is 1.04 bits per heavy atom. The van der Waals surface area contributed by atoms with E-state index in [-0.39, 0.29) is 23.8 Å². The van der Waals surface area contributed by atoms with E-state index in [4.69, 9.17) is 34.4 Å². The van der Waals surface area contributed by atoms with Gasteiger partial charge in [0.15, 0.2) is 23.8 Å². The Morgan fingerprint density at radius 2 is 0.741 bits per heavy atom. The third kappa shape index (κ3) is 19.5. The summed E-state index contributed by atoms with van der Waals surface area (Å²) in [6.07, 6.45) is 8.01. The molecule has 0 atom stereocenters. The first-order valence-electron chi connectivity index (χ1n) is 9.39. The largest absolute Gasteiger partial charge is 0.370 e. The first-order chi connectivity index (χ1) is 12.9. The summed E-state index contributed by atoms with van der Waals surface area (Å²) >= 11 is 0. The zero-order chi connectivity index (χ0) is 20.3. The number of nitrogens with one attached hydrogen (secondary N) is 1. The highest BCUT2D eigenvalue weighted by Gasteiger charge is 1.96. The van der Waals surface area contributed by atoms with Gasteiger partial charge >= 0.3 is 0 Å². The van der Waals surface area contributed by atoms with Crippen LogP contribution in [0.4, 0.5) is 0 Å². The van der Waals surface area contributed by atoms with E-state index in [0.29, 0.717) is 26.2 Å². The standard InChI is InChI=1S/C16H37N11/c17-13(18)23-9-5-1-3-7-11-25-15(21)27-16(22)26-12-8-4-2-6-10-24-14(19)20/h1-12H2,(H4,17,18,23)(H4,19,20,24)(H5,21,22,25,26,27). The van der Waals surface area contributed by atoms with Crippen molar-refractivity contribution in [1.82, 2.24) is 5.32 Å². The van der Waals surface area contributed by atoms with Gasteiger partial charge in [-0.2, -0.15) is 0 Å². The van der Waals surface area contributed by atoms with Crippen molar-refractivity contribution in [2.45, 2.75) is 51.4 Å². The molecule has 0 aliphatic rings. The molecule has 13 N–H and O–H groups in total. The average Bonchev–Trinajstić information content (AvgIpc) is 2.59. The zero-order valence-corrected chi connectivity index (χ0v) is 16.2. The normalized spacial score (nSPS) is 11.9. The molecule has 0 aromatic heterocycles. The summed E-state index contributed by atoms with van der Waals surface area (Å²) in [5, 5.41) is 2.79. The lowest BCUT2D eigenvalue weighted by Crippen LogP contribution is -2.41. The minimum Gasteiger partial charge on any atom is -0.370 e. The molecule has 156 valence electrons. The minimum atomic E-state index is 0.139. The Labute approximate surface area is 161 Å². The van der Waals surface area contributed by atoms with Crippen molar-refractivity contribution in [2.75, 3.05) is 26.2 Å². The maximum absolute atomic E-state index is 5.78. The summed E-state index contributed by atoms with van der Waals surface area (Å²) < 4.78 is 0. The van der Waals surface area contributed by atoms with Crippen molar-refractivity contribution in [2.24, 2.45) is 54.4 Å². The molecule has 0 aliphatic heterocycles. The van der Waals surface area contributed by atoms with E-state index in [2.05, 4.69) is 25.3 Å². The maximum atomic E-state index is 5.78. The molecular weight excluding hydrogens is 346 g/mol. The van der Waals surface area contributed by atoms with E-state index in [1.54, 1.807) is 0 Å². The second-order valence-corrected chi connectivity index (χ2v) is 6.10. The van der Waals surface area contributed by atoms with Gasteiger partial charge in [-0.1, -0.05) is 25.7 Å². The molecule has 0 heterocycles. The molecule has 0 saturated carbocycles. The molecule has 0 rings (SSSR count). The van der Waals surface area contributed by atoms with Crippen LogP contribution in [0, 0.1) is 0 Å². The number of nitrogens with two attached hydrogens (primary N) is 6. The van der Waals surface area contributed by atoms with Crippen molar-refractivity contribution in [3.63, 3.8) is 0 Å².